The van der Waals surface area contributed by atoms with Gasteiger partial charge in [-0.05, 0) is 84.7 Å². The van der Waals surface area contributed by atoms with E-state index in [2.05, 4.69) is 11.7 Å². The largest absolute Gasteiger partial charge is 0.432 e. The minimum absolute atomic E-state index is 0.0524. The van der Waals surface area contributed by atoms with Crippen molar-refractivity contribution in [2.75, 3.05) is 0 Å². The normalized spacial score (nSPS) is 23.1. The molecule has 2 unspecified atom stereocenters. The molecule has 0 heterocycles. The van der Waals surface area contributed by atoms with Gasteiger partial charge in [-0.15, -0.1) is 0 Å². The first-order valence-electron chi connectivity index (χ1n) is 12.0. The molecule has 0 bridgehead atoms. The molecule has 0 radical (unpaired) electrons. The standard InChI is InChI=1S/C28H21F9O/c1-12-2-13-4-15(5-14(13)3-12)16-6-19(29)25(20(30)7-16)17-8-21(31)26(22(32)9-17)28(36,37)38-18-10-23(33)27(35)24(34)11-18/h6-15H,2-5H2,1H3. The molecule has 0 amide bonds. The van der Waals surface area contributed by atoms with Gasteiger partial charge in [0.05, 0.1) is 5.56 Å². The van der Waals surface area contributed by atoms with Crippen LogP contribution in [0.5, 0.6) is 5.75 Å². The second-order valence-electron chi connectivity index (χ2n) is 10.3. The van der Waals surface area contributed by atoms with Crippen LogP contribution in [0, 0.1) is 58.5 Å². The summed E-state index contributed by atoms with van der Waals surface area (Å²) >= 11 is 0. The molecule has 0 aromatic heterocycles. The Labute approximate surface area is 212 Å². The fourth-order valence-electron chi connectivity index (χ4n) is 6.08. The van der Waals surface area contributed by atoms with Crippen LogP contribution in [0.4, 0.5) is 39.5 Å². The highest BCUT2D eigenvalue weighted by atomic mass is 19.3. The number of hydrogen-bond acceptors (Lipinski definition) is 1. The van der Waals surface area contributed by atoms with Gasteiger partial charge in [-0.1, -0.05) is 6.92 Å². The maximum Gasteiger partial charge on any atom is 0.432 e. The van der Waals surface area contributed by atoms with E-state index in [4.69, 9.17) is 0 Å². The lowest BCUT2D eigenvalue weighted by atomic mass is 9.91. The third kappa shape index (κ3) is 4.73. The maximum absolute atomic E-state index is 15.0. The highest BCUT2D eigenvalue weighted by Crippen LogP contribution is 2.52. The van der Waals surface area contributed by atoms with E-state index >= 15 is 8.78 Å². The molecule has 5 rings (SSSR count). The van der Waals surface area contributed by atoms with Gasteiger partial charge in [-0.2, -0.15) is 8.78 Å². The lowest BCUT2D eigenvalue weighted by Crippen LogP contribution is -2.25. The zero-order valence-corrected chi connectivity index (χ0v) is 19.9. The lowest BCUT2D eigenvalue weighted by Gasteiger charge is -2.20. The molecule has 10 heteroatoms. The molecular weight excluding hydrogens is 523 g/mol. The van der Waals surface area contributed by atoms with Crippen molar-refractivity contribution < 1.29 is 44.3 Å². The number of halogens is 9. The van der Waals surface area contributed by atoms with Crippen LogP contribution in [0.15, 0.2) is 36.4 Å². The highest BCUT2D eigenvalue weighted by Gasteiger charge is 2.43. The summed E-state index contributed by atoms with van der Waals surface area (Å²) in [6.45, 7) is 2.18. The predicted molar refractivity (Wildman–Crippen MR) is 120 cm³/mol. The second-order valence-corrected chi connectivity index (χ2v) is 10.3. The lowest BCUT2D eigenvalue weighted by molar-refractivity contribution is -0.189. The molecule has 0 saturated heterocycles. The maximum atomic E-state index is 15.0. The van der Waals surface area contributed by atoms with E-state index in [1.165, 1.54) is 0 Å². The van der Waals surface area contributed by atoms with Crippen molar-refractivity contribution in [3.05, 3.63) is 88.2 Å². The molecule has 0 N–H and O–H groups in total. The summed E-state index contributed by atoms with van der Waals surface area (Å²) in [7, 11) is 0. The monoisotopic (exact) mass is 544 g/mol. The predicted octanol–water partition coefficient (Wildman–Crippen LogP) is 9.00. The molecule has 0 aliphatic heterocycles. The number of benzene rings is 3. The first kappa shape index (κ1) is 26.4. The third-order valence-corrected chi connectivity index (χ3v) is 7.61. The van der Waals surface area contributed by atoms with Crippen molar-refractivity contribution >= 4 is 0 Å². The van der Waals surface area contributed by atoms with E-state index in [0.29, 0.717) is 35.4 Å². The molecule has 2 fully saturated rings. The van der Waals surface area contributed by atoms with E-state index in [9.17, 15) is 30.7 Å². The topological polar surface area (TPSA) is 9.23 Å². The van der Waals surface area contributed by atoms with Crippen LogP contribution in [0.2, 0.25) is 0 Å². The fraction of sp³-hybridized carbons (Fsp3) is 0.357. The first-order valence-corrected chi connectivity index (χ1v) is 12.0. The van der Waals surface area contributed by atoms with Gasteiger partial charge in [0.2, 0.25) is 0 Å². The summed E-state index contributed by atoms with van der Waals surface area (Å²) in [6.07, 6.45) is -1.10. The Balaban J connectivity index is 1.43. The van der Waals surface area contributed by atoms with Gasteiger partial charge in [-0.25, -0.2) is 30.7 Å². The van der Waals surface area contributed by atoms with Crippen LogP contribution in [0.1, 0.15) is 49.7 Å². The van der Waals surface area contributed by atoms with Crippen molar-refractivity contribution in [2.24, 2.45) is 17.8 Å². The van der Waals surface area contributed by atoms with Crippen LogP contribution in [-0.2, 0) is 6.11 Å². The smallest absolute Gasteiger partial charge is 0.429 e. The molecule has 2 atom stereocenters. The van der Waals surface area contributed by atoms with Crippen LogP contribution < -0.4 is 4.74 Å². The molecule has 1 nitrogen and oxygen atoms in total. The van der Waals surface area contributed by atoms with Crippen LogP contribution in [0.3, 0.4) is 0 Å². The number of alkyl halides is 2. The van der Waals surface area contributed by atoms with Crippen molar-refractivity contribution in [3.63, 3.8) is 0 Å². The summed E-state index contributed by atoms with van der Waals surface area (Å²) < 4.78 is 132. The first-order chi connectivity index (χ1) is 17.8. The number of rotatable bonds is 5. The van der Waals surface area contributed by atoms with E-state index in [-0.39, 0.29) is 18.1 Å². The Bertz CT molecular complexity index is 1320. The Morgan fingerprint density at radius 3 is 1.66 bits per heavy atom. The zero-order chi connectivity index (χ0) is 27.5. The Kier molecular flexibility index (Phi) is 6.64. The molecule has 2 aliphatic rings. The molecule has 202 valence electrons. The number of fused-ring (bicyclic) bond motifs is 1. The fourth-order valence-corrected chi connectivity index (χ4v) is 6.08. The van der Waals surface area contributed by atoms with Gasteiger partial charge in [-0.3, -0.25) is 0 Å². The summed E-state index contributed by atoms with van der Waals surface area (Å²) in [5, 5.41) is 0. The van der Waals surface area contributed by atoms with E-state index in [1.807, 2.05) is 0 Å². The summed E-state index contributed by atoms with van der Waals surface area (Å²) in [4.78, 5) is 0. The van der Waals surface area contributed by atoms with Crippen LogP contribution >= 0.6 is 0 Å². The molecule has 2 aliphatic carbocycles. The second kappa shape index (κ2) is 9.54. The van der Waals surface area contributed by atoms with E-state index in [0.717, 1.165) is 37.8 Å². The molecule has 2 saturated carbocycles. The van der Waals surface area contributed by atoms with Gasteiger partial charge in [0.15, 0.2) is 17.5 Å². The van der Waals surface area contributed by atoms with Crippen molar-refractivity contribution in [1.29, 1.82) is 0 Å². The van der Waals surface area contributed by atoms with Crippen LogP contribution in [-0.4, -0.2) is 0 Å². The van der Waals surface area contributed by atoms with Gasteiger partial charge in [0, 0.05) is 12.1 Å². The summed E-state index contributed by atoms with van der Waals surface area (Å²) in [6, 6.07) is 2.97. The zero-order valence-electron chi connectivity index (χ0n) is 19.9. The van der Waals surface area contributed by atoms with E-state index in [1.54, 1.807) is 0 Å². The summed E-state index contributed by atoms with van der Waals surface area (Å²) in [5.74, 6) is -11.4. The molecular formula is C28H21F9O. The quantitative estimate of drug-likeness (QED) is 0.230. The summed E-state index contributed by atoms with van der Waals surface area (Å²) in [5.41, 5.74) is -2.99. The Morgan fingerprint density at radius 2 is 1.16 bits per heavy atom. The number of ether oxygens (including phenoxy) is 1. The average molecular weight is 544 g/mol. The van der Waals surface area contributed by atoms with Crippen molar-refractivity contribution in [3.8, 4) is 16.9 Å². The van der Waals surface area contributed by atoms with Crippen molar-refractivity contribution in [2.45, 2.75) is 44.6 Å². The highest BCUT2D eigenvalue weighted by molar-refractivity contribution is 5.66. The Hall–Kier alpha value is -3.17. The van der Waals surface area contributed by atoms with Gasteiger partial charge in [0.1, 0.15) is 34.6 Å². The van der Waals surface area contributed by atoms with Gasteiger partial charge < -0.3 is 4.74 Å². The molecule has 38 heavy (non-hydrogen) atoms. The van der Waals surface area contributed by atoms with Crippen LogP contribution in [0.25, 0.3) is 11.1 Å². The molecule has 0 spiro atoms. The van der Waals surface area contributed by atoms with Crippen molar-refractivity contribution in [1.82, 2.24) is 0 Å². The van der Waals surface area contributed by atoms with E-state index < -0.39 is 69.3 Å². The minimum atomic E-state index is -4.82. The minimum Gasteiger partial charge on any atom is -0.429 e. The number of hydrogen-bond donors (Lipinski definition) is 0. The van der Waals surface area contributed by atoms with Gasteiger partial charge in [0.25, 0.3) is 0 Å². The molecule has 3 aromatic carbocycles. The Morgan fingerprint density at radius 1 is 0.658 bits per heavy atom. The third-order valence-electron chi connectivity index (χ3n) is 7.61. The SMILES string of the molecule is CC1CC2CC(c3cc(F)c(-c4cc(F)c(C(F)(F)Oc5cc(F)c(F)c(F)c5)c(F)c4)c(F)c3)CC2C1. The molecule has 3 aromatic rings. The average Bonchev–Trinajstić information content (AvgIpc) is 3.33. The van der Waals surface area contributed by atoms with Gasteiger partial charge >= 0.3 is 6.11 Å².